The number of carbonyl (C=O) groups is 1. The van der Waals surface area contributed by atoms with Crippen LogP contribution in [0, 0.1) is 0 Å². The molecule has 3 rings (SSSR count). The van der Waals surface area contributed by atoms with Gasteiger partial charge in [0, 0.05) is 15.6 Å². The molecule has 1 aliphatic rings. The van der Waals surface area contributed by atoms with Crippen molar-refractivity contribution < 1.29 is 9.53 Å². The van der Waals surface area contributed by atoms with Crippen LogP contribution in [0.25, 0.3) is 6.08 Å². The molecule has 0 aliphatic heterocycles. The summed E-state index contributed by atoms with van der Waals surface area (Å²) in [6, 6.07) is 13.7. The summed E-state index contributed by atoms with van der Waals surface area (Å²) in [5.74, 6) is 0.934. The maximum atomic E-state index is 12.6. The van der Waals surface area contributed by atoms with Crippen LogP contribution in [0.15, 0.2) is 52.5 Å². The van der Waals surface area contributed by atoms with Crippen LogP contribution in [0.4, 0.5) is 0 Å². The summed E-state index contributed by atoms with van der Waals surface area (Å²) < 4.78 is 6.26. The second-order valence-electron chi connectivity index (χ2n) is 5.07. The number of Topliss-reactive ketones (excluding diaryl/α,β-unsaturated/α-hetero) is 1. The molecule has 2 aromatic rings. The number of halogens is 1. The van der Waals surface area contributed by atoms with Crippen LogP contribution in [0.1, 0.15) is 27.9 Å². The number of fused-ring (bicyclic) bond motifs is 1. The highest BCUT2D eigenvalue weighted by Crippen LogP contribution is 2.29. The third kappa shape index (κ3) is 2.93. The van der Waals surface area contributed by atoms with E-state index >= 15 is 0 Å². The summed E-state index contributed by atoms with van der Waals surface area (Å²) in [6.07, 6.45) is 3.64. The third-order valence-corrected chi connectivity index (χ3v) is 4.25. The van der Waals surface area contributed by atoms with E-state index in [0.29, 0.717) is 0 Å². The Bertz CT molecular complexity index is 714. The molecule has 0 heterocycles. The lowest BCUT2D eigenvalue weighted by atomic mass is 9.86. The highest BCUT2D eigenvalue weighted by atomic mass is 79.9. The van der Waals surface area contributed by atoms with Gasteiger partial charge in [-0.05, 0) is 60.4 Å². The Labute approximate surface area is 132 Å². The molecule has 1 aliphatic carbocycles. The predicted molar refractivity (Wildman–Crippen MR) is 87.8 cm³/mol. The number of methoxy groups -OCH3 is 1. The molecule has 2 aromatic carbocycles. The van der Waals surface area contributed by atoms with Gasteiger partial charge in [-0.3, -0.25) is 4.79 Å². The molecule has 0 amide bonds. The van der Waals surface area contributed by atoms with Crippen molar-refractivity contribution in [3.63, 3.8) is 0 Å². The van der Waals surface area contributed by atoms with Crippen molar-refractivity contribution >= 4 is 27.8 Å². The lowest BCUT2D eigenvalue weighted by Gasteiger charge is -2.18. The molecule has 21 heavy (non-hydrogen) atoms. The van der Waals surface area contributed by atoms with E-state index in [1.54, 1.807) is 7.11 Å². The summed E-state index contributed by atoms with van der Waals surface area (Å²) in [6.45, 7) is 0. The number of ketones is 1. The molecule has 0 unspecified atom stereocenters. The number of benzene rings is 2. The molecule has 0 N–H and O–H groups in total. The molecule has 0 bridgehead atoms. The van der Waals surface area contributed by atoms with Gasteiger partial charge in [0.05, 0.1) is 7.11 Å². The molecule has 3 heteroatoms. The summed E-state index contributed by atoms with van der Waals surface area (Å²) >= 11 is 3.42. The summed E-state index contributed by atoms with van der Waals surface area (Å²) in [7, 11) is 1.64. The topological polar surface area (TPSA) is 26.3 Å². The first kappa shape index (κ1) is 14.1. The van der Waals surface area contributed by atoms with E-state index in [1.807, 2.05) is 48.5 Å². The average Bonchev–Trinajstić information content (AvgIpc) is 2.52. The largest absolute Gasteiger partial charge is 0.497 e. The van der Waals surface area contributed by atoms with E-state index in [9.17, 15) is 4.79 Å². The normalized spacial score (nSPS) is 15.9. The zero-order valence-electron chi connectivity index (χ0n) is 11.7. The Kier molecular flexibility index (Phi) is 3.93. The van der Waals surface area contributed by atoms with E-state index in [-0.39, 0.29) is 5.78 Å². The molecular weight excluding hydrogens is 328 g/mol. The number of hydrogen-bond acceptors (Lipinski definition) is 2. The minimum Gasteiger partial charge on any atom is -0.497 e. The molecule has 0 spiro atoms. The van der Waals surface area contributed by atoms with Crippen LogP contribution in [0.2, 0.25) is 0 Å². The molecule has 106 valence electrons. The second kappa shape index (κ2) is 5.86. The monoisotopic (exact) mass is 342 g/mol. The van der Waals surface area contributed by atoms with Crippen LogP contribution < -0.4 is 4.74 Å². The maximum Gasteiger partial charge on any atom is 0.189 e. The molecule has 0 saturated heterocycles. The van der Waals surface area contributed by atoms with Gasteiger partial charge in [-0.25, -0.2) is 0 Å². The summed E-state index contributed by atoms with van der Waals surface area (Å²) in [4.78, 5) is 12.6. The fourth-order valence-corrected chi connectivity index (χ4v) is 2.84. The van der Waals surface area contributed by atoms with Crippen LogP contribution in [0.3, 0.4) is 0 Å². The first-order chi connectivity index (χ1) is 10.2. The van der Waals surface area contributed by atoms with E-state index in [2.05, 4.69) is 15.9 Å². The maximum absolute atomic E-state index is 12.6. The number of aryl methyl sites for hydroxylation is 1. The van der Waals surface area contributed by atoms with Gasteiger partial charge in [0.1, 0.15) is 5.75 Å². The molecule has 0 saturated carbocycles. The molecule has 0 atom stereocenters. The SMILES string of the molecule is COc1ccc2c(c1)CCC(=Cc1ccc(Br)cc1)C2=O. The second-order valence-corrected chi connectivity index (χ2v) is 5.99. The average molecular weight is 343 g/mol. The van der Waals surface area contributed by atoms with Gasteiger partial charge < -0.3 is 4.74 Å². The summed E-state index contributed by atoms with van der Waals surface area (Å²) in [5.41, 5.74) is 3.80. The van der Waals surface area contributed by atoms with Gasteiger partial charge in [-0.15, -0.1) is 0 Å². The number of allylic oxidation sites excluding steroid dienone is 1. The fraction of sp³-hybridized carbons (Fsp3) is 0.167. The van der Waals surface area contributed by atoms with Crippen LogP contribution >= 0.6 is 15.9 Å². The number of carbonyl (C=O) groups excluding carboxylic acids is 1. The highest BCUT2D eigenvalue weighted by molar-refractivity contribution is 9.10. The minimum atomic E-state index is 0.127. The zero-order valence-corrected chi connectivity index (χ0v) is 13.3. The van der Waals surface area contributed by atoms with Crippen molar-refractivity contribution in [3.8, 4) is 5.75 Å². The van der Waals surface area contributed by atoms with Gasteiger partial charge in [-0.1, -0.05) is 28.1 Å². The quantitative estimate of drug-likeness (QED) is 0.741. The van der Waals surface area contributed by atoms with Crippen molar-refractivity contribution in [1.29, 1.82) is 0 Å². The Morgan fingerprint density at radius 2 is 1.86 bits per heavy atom. The van der Waals surface area contributed by atoms with Crippen molar-refractivity contribution in [2.24, 2.45) is 0 Å². The van der Waals surface area contributed by atoms with Crippen molar-refractivity contribution in [2.75, 3.05) is 7.11 Å². The van der Waals surface area contributed by atoms with Gasteiger partial charge in [-0.2, -0.15) is 0 Å². The van der Waals surface area contributed by atoms with Gasteiger partial charge >= 0.3 is 0 Å². The summed E-state index contributed by atoms with van der Waals surface area (Å²) in [5, 5.41) is 0. The standard InChI is InChI=1S/C18H15BrO2/c1-21-16-8-9-17-13(11-16)4-5-14(18(17)20)10-12-2-6-15(19)7-3-12/h2-3,6-11H,4-5H2,1H3. The first-order valence-corrected chi connectivity index (χ1v) is 7.64. The molecule has 0 aromatic heterocycles. The number of ether oxygens (including phenoxy) is 1. The van der Waals surface area contributed by atoms with Crippen molar-refractivity contribution in [3.05, 3.63) is 69.2 Å². The fourth-order valence-electron chi connectivity index (χ4n) is 2.58. The third-order valence-electron chi connectivity index (χ3n) is 3.72. The smallest absolute Gasteiger partial charge is 0.189 e. The molecule has 0 fully saturated rings. The predicted octanol–water partition coefficient (Wildman–Crippen LogP) is 4.67. The lowest BCUT2D eigenvalue weighted by Crippen LogP contribution is -2.14. The van der Waals surface area contributed by atoms with Crippen LogP contribution in [-0.2, 0) is 6.42 Å². The van der Waals surface area contributed by atoms with Crippen molar-refractivity contribution in [2.45, 2.75) is 12.8 Å². The Hall–Kier alpha value is -1.87. The highest BCUT2D eigenvalue weighted by Gasteiger charge is 2.22. The molecule has 0 radical (unpaired) electrons. The van der Waals surface area contributed by atoms with Crippen molar-refractivity contribution in [1.82, 2.24) is 0 Å². The number of rotatable bonds is 2. The van der Waals surface area contributed by atoms with Gasteiger partial charge in [0.25, 0.3) is 0 Å². The Morgan fingerprint density at radius 3 is 2.57 bits per heavy atom. The minimum absolute atomic E-state index is 0.127. The van der Waals surface area contributed by atoms with E-state index in [4.69, 9.17) is 4.74 Å². The van der Waals surface area contributed by atoms with Gasteiger partial charge in [0.2, 0.25) is 0 Å². The van der Waals surface area contributed by atoms with Crippen LogP contribution in [0.5, 0.6) is 5.75 Å². The Balaban J connectivity index is 1.93. The molecule has 2 nitrogen and oxygen atoms in total. The van der Waals surface area contributed by atoms with E-state index in [1.165, 1.54) is 0 Å². The first-order valence-electron chi connectivity index (χ1n) is 6.85. The van der Waals surface area contributed by atoms with Crippen LogP contribution in [-0.4, -0.2) is 12.9 Å². The molecular formula is C18H15BrO2. The van der Waals surface area contributed by atoms with E-state index in [0.717, 1.165) is 45.3 Å². The Morgan fingerprint density at radius 1 is 1.10 bits per heavy atom. The lowest BCUT2D eigenvalue weighted by molar-refractivity contribution is 0.102. The van der Waals surface area contributed by atoms with E-state index < -0.39 is 0 Å². The number of hydrogen-bond donors (Lipinski definition) is 0. The zero-order chi connectivity index (χ0) is 14.8. The van der Waals surface area contributed by atoms with Gasteiger partial charge in [0.15, 0.2) is 5.78 Å².